The van der Waals surface area contributed by atoms with Gasteiger partial charge in [-0.1, -0.05) is 11.3 Å². The fourth-order valence-electron chi connectivity index (χ4n) is 1.64. The number of hydrogen-bond donors (Lipinski definition) is 1. The molecule has 106 valence electrons. The van der Waals surface area contributed by atoms with Crippen LogP contribution in [0.5, 0.6) is 5.75 Å². The summed E-state index contributed by atoms with van der Waals surface area (Å²) in [5.41, 5.74) is 7.38. The molecule has 0 atom stereocenters. The Bertz CT molecular complexity index is 643. The predicted octanol–water partition coefficient (Wildman–Crippen LogP) is 3.24. The summed E-state index contributed by atoms with van der Waals surface area (Å²) >= 11 is 2.98. The number of nitrogens with zero attached hydrogens (tertiary/aromatic N) is 2. The average molecular weight is 311 g/mol. The van der Waals surface area contributed by atoms with E-state index in [0.29, 0.717) is 16.6 Å². The molecule has 2 aromatic rings. The molecular formula is C12H13N3O3S2. The Balaban J connectivity index is 2.18. The standard InChI is InChI=1S/C12H13N3O3S2/c1-7-11(20-12(13)14-7)19-6-8-3-9(15(16)17)5-10(4-8)18-2/h3-5H,6H2,1-2H3,(H2,13,14). The molecule has 8 heteroatoms. The van der Waals surface area contributed by atoms with Gasteiger partial charge in [0.2, 0.25) is 0 Å². The Kier molecular flexibility index (Phi) is 4.46. The molecule has 0 spiro atoms. The summed E-state index contributed by atoms with van der Waals surface area (Å²) in [6, 6.07) is 4.75. The van der Waals surface area contributed by atoms with Crippen molar-refractivity contribution >= 4 is 33.9 Å². The Hall–Kier alpha value is -1.80. The highest BCUT2D eigenvalue weighted by atomic mass is 32.2. The summed E-state index contributed by atoms with van der Waals surface area (Å²) in [7, 11) is 1.49. The molecule has 1 aromatic heterocycles. The lowest BCUT2D eigenvalue weighted by Gasteiger charge is -2.04. The number of methoxy groups -OCH3 is 1. The number of aryl methyl sites for hydroxylation is 1. The van der Waals surface area contributed by atoms with Crippen molar-refractivity contribution in [3.63, 3.8) is 0 Å². The topological polar surface area (TPSA) is 91.3 Å². The van der Waals surface area contributed by atoms with Gasteiger partial charge in [-0.2, -0.15) is 0 Å². The molecule has 0 radical (unpaired) electrons. The molecule has 20 heavy (non-hydrogen) atoms. The van der Waals surface area contributed by atoms with Crippen molar-refractivity contribution < 1.29 is 9.66 Å². The van der Waals surface area contributed by atoms with E-state index < -0.39 is 4.92 Å². The summed E-state index contributed by atoms with van der Waals surface area (Å²) in [6.07, 6.45) is 0. The maximum absolute atomic E-state index is 10.9. The number of thiazole rings is 1. The van der Waals surface area contributed by atoms with E-state index in [1.54, 1.807) is 23.9 Å². The number of ether oxygens (including phenoxy) is 1. The van der Waals surface area contributed by atoms with Crippen LogP contribution in [0.2, 0.25) is 0 Å². The molecule has 1 aromatic carbocycles. The molecule has 0 aliphatic carbocycles. The molecule has 1 heterocycles. The van der Waals surface area contributed by atoms with Crippen LogP contribution in [-0.4, -0.2) is 17.0 Å². The van der Waals surface area contributed by atoms with Crippen LogP contribution in [0.15, 0.2) is 22.4 Å². The van der Waals surface area contributed by atoms with Crippen molar-refractivity contribution in [2.75, 3.05) is 12.8 Å². The lowest BCUT2D eigenvalue weighted by Crippen LogP contribution is -1.93. The summed E-state index contributed by atoms with van der Waals surface area (Å²) in [4.78, 5) is 14.6. The molecule has 0 saturated carbocycles. The van der Waals surface area contributed by atoms with Gasteiger partial charge in [-0.25, -0.2) is 4.98 Å². The van der Waals surface area contributed by atoms with Crippen LogP contribution in [-0.2, 0) is 5.75 Å². The summed E-state index contributed by atoms with van der Waals surface area (Å²) in [6.45, 7) is 1.89. The Morgan fingerprint density at radius 2 is 2.25 bits per heavy atom. The number of hydrogen-bond acceptors (Lipinski definition) is 7. The first-order chi connectivity index (χ1) is 9.49. The van der Waals surface area contributed by atoms with E-state index in [9.17, 15) is 10.1 Å². The van der Waals surface area contributed by atoms with Crippen molar-refractivity contribution in [3.8, 4) is 5.75 Å². The minimum Gasteiger partial charge on any atom is -0.496 e. The zero-order chi connectivity index (χ0) is 14.7. The van der Waals surface area contributed by atoms with Crippen molar-refractivity contribution in [1.29, 1.82) is 0 Å². The molecule has 2 rings (SSSR count). The van der Waals surface area contributed by atoms with E-state index in [1.165, 1.54) is 24.5 Å². The maximum atomic E-state index is 10.9. The third-order valence-corrected chi connectivity index (χ3v) is 4.96. The summed E-state index contributed by atoms with van der Waals surface area (Å²) < 4.78 is 6.10. The first kappa shape index (κ1) is 14.6. The number of non-ortho nitro benzene ring substituents is 1. The second kappa shape index (κ2) is 6.10. The number of anilines is 1. The van der Waals surface area contributed by atoms with E-state index in [-0.39, 0.29) is 5.69 Å². The highest BCUT2D eigenvalue weighted by Crippen LogP contribution is 2.34. The number of nitro groups is 1. The predicted molar refractivity (Wildman–Crippen MR) is 80.5 cm³/mol. The second-order valence-corrected chi connectivity index (χ2v) is 6.28. The number of nitrogens with two attached hydrogens (primary N) is 1. The van der Waals surface area contributed by atoms with Gasteiger partial charge >= 0.3 is 0 Å². The van der Waals surface area contributed by atoms with Crippen LogP contribution in [0.25, 0.3) is 0 Å². The second-order valence-electron chi connectivity index (χ2n) is 4.01. The fourth-order valence-corrected chi connectivity index (χ4v) is 3.59. The SMILES string of the molecule is COc1cc(CSc2sc(N)nc2C)cc([N+](=O)[O-])c1. The van der Waals surface area contributed by atoms with Gasteiger partial charge in [0.05, 0.1) is 28.0 Å². The molecule has 0 bridgehead atoms. The van der Waals surface area contributed by atoms with Gasteiger partial charge in [0.1, 0.15) is 5.75 Å². The van der Waals surface area contributed by atoms with Crippen molar-refractivity contribution in [2.24, 2.45) is 0 Å². The molecule has 0 saturated heterocycles. The fraction of sp³-hybridized carbons (Fsp3) is 0.250. The quantitative estimate of drug-likeness (QED) is 0.518. The van der Waals surface area contributed by atoms with E-state index >= 15 is 0 Å². The van der Waals surface area contributed by atoms with E-state index in [4.69, 9.17) is 10.5 Å². The molecule has 0 aliphatic heterocycles. The van der Waals surface area contributed by atoms with Gasteiger partial charge in [0, 0.05) is 11.8 Å². The van der Waals surface area contributed by atoms with Crippen molar-refractivity contribution in [3.05, 3.63) is 39.6 Å². The minimum atomic E-state index is -0.424. The van der Waals surface area contributed by atoms with Gasteiger partial charge in [-0.15, -0.1) is 11.8 Å². The lowest BCUT2D eigenvalue weighted by atomic mass is 10.2. The highest BCUT2D eigenvalue weighted by Gasteiger charge is 2.12. The summed E-state index contributed by atoms with van der Waals surface area (Å²) in [5, 5.41) is 11.4. The molecule has 0 fully saturated rings. The zero-order valence-electron chi connectivity index (χ0n) is 11.0. The molecule has 6 nitrogen and oxygen atoms in total. The zero-order valence-corrected chi connectivity index (χ0v) is 12.6. The third-order valence-electron chi connectivity index (χ3n) is 2.54. The number of nitrogen functional groups attached to an aromatic ring is 1. The normalized spacial score (nSPS) is 10.5. The Morgan fingerprint density at radius 1 is 1.50 bits per heavy atom. The smallest absolute Gasteiger partial charge is 0.273 e. The number of aromatic nitrogens is 1. The van der Waals surface area contributed by atoms with Crippen LogP contribution >= 0.6 is 23.1 Å². The lowest BCUT2D eigenvalue weighted by molar-refractivity contribution is -0.385. The number of nitro benzene ring substituents is 1. The Morgan fingerprint density at radius 3 is 2.80 bits per heavy atom. The molecular weight excluding hydrogens is 298 g/mol. The number of rotatable bonds is 5. The first-order valence-electron chi connectivity index (χ1n) is 5.67. The van der Waals surface area contributed by atoms with Crippen molar-refractivity contribution in [1.82, 2.24) is 4.98 Å². The van der Waals surface area contributed by atoms with Crippen LogP contribution in [0.1, 0.15) is 11.3 Å². The van der Waals surface area contributed by atoms with E-state index in [1.807, 2.05) is 6.92 Å². The van der Waals surface area contributed by atoms with Gasteiger partial charge in [0.25, 0.3) is 5.69 Å². The van der Waals surface area contributed by atoms with Crippen molar-refractivity contribution in [2.45, 2.75) is 16.9 Å². The first-order valence-corrected chi connectivity index (χ1v) is 7.48. The van der Waals surface area contributed by atoms with Crippen LogP contribution in [0.4, 0.5) is 10.8 Å². The van der Waals surface area contributed by atoms with Crippen LogP contribution in [0, 0.1) is 17.0 Å². The monoisotopic (exact) mass is 311 g/mol. The van der Waals surface area contributed by atoms with Crippen LogP contribution < -0.4 is 10.5 Å². The summed E-state index contributed by atoms with van der Waals surface area (Å²) in [5.74, 6) is 1.08. The highest BCUT2D eigenvalue weighted by molar-refractivity contribution is 8.00. The number of thioether (sulfide) groups is 1. The largest absolute Gasteiger partial charge is 0.496 e. The van der Waals surface area contributed by atoms with E-state index in [2.05, 4.69) is 4.98 Å². The van der Waals surface area contributed by atoms with E-state index in [0.717, 1.165) is 15.5 Å². The Labute approximate surface area is 124 Å². The van der Waals surface area contributed by atoms with Gasteiger partial charge in [-0.3, -0.25) is 10.1 Å². The molecule has 0 aliphatic rings. The maximum Gasteiger partial charge on any atom is 0.273 e. The van der Waals surface area contributed by atoms with Gasteiger partial charge < -0.3 is 10.5 Å². The minimum absolute atomic E-state index is 0.0282. The molecule has 2 N–H and O–H groups in total. The molecule has 0 amide bonds. The van der Waals surface area contributed by atoms with Gasteiger partial charge in [0.15, 0.2) is 5.13 Å². The third kappa shape index (κ3) is 3.40. The number of benzene rings is 1. The van der Waals surface area contributed by atoms with Crippen LogP contribution in [0.3, 0.4) is 0 Å². The van der Waals surface area contributed by atoms with Gasteiger partial charge in [-0.05, 0) is 18.6 Å². The average Bonchev–Trinajstić information content (AvgIpc) is 2.74. The molecule has 0 unspecified atom stereocenters.